The highest BCUT2D eigenvalue weighted by molar-refractivity contribution is 5.72. The zero-order chi connectivity index (χ0) is 12.8. The predicted molar refractivity (Wildman–Crippen MR) is 71.5 cm³/mol. The highest BCUT2D eigenvalue weighted by Gasteiger charge is 2.26. The first-order valence-electron chi connectivity index (χ1n) is 7.32. The summed E-state index contributed by atoms with van der Waals surface area (Å²) in [7, 11) is 1.49. The summed E-state index contributed by atoms with van der Waals surface area (Å²) in [6, 6.07) is 0. The third-order valence-electron chi connectivity index (χ3n) is 4.19. The first-order valence-corrected chi connectivity index (χ1v) is 7.32. The Labute approximate surface area is 110 Å². The minimum Gasteiger partial charge on any atom is -0.469 e. The quantitative estimate of drug-likeness (QED) is 0.694. The number of hydrogen-bond acceptors (Lipinski definition) is 4. The fraction of sp³-hybridized carbons (Fsp3) is 0.929. The Morgan fingerprint density at radius 3 is 2.50 bits per heavy atom. The maximum atomic E-state index is 11.5. The van der Waals surface area contributed by atoms with Crippen molar-refractivity contribution in [1.82, 2.24) is 9.80 Å². The molecule has 4 heteroatoms. The Bertz CT molecular complexity index is 265. The van der Waals surface area contributed by atoms with Crippen molar-refractivity contribution in [2.45, 2.75) is 32.1 Å². The van der Waals surface area contributed by atoms with Crippen LogP contribution in [0.5, 0.6) is 0 Å². The van der Waals surface area contributed by atoms with E-state index in [0.717, 1.165) is 32.5 Å². The van der Waals surface area contributed by atoms with Crippen LogP contribution in [0.3, 0.4) is 0 Å². The monoisotopic (exact) mass is 254 g/mol. The normalized spacial score (nSPS) is 26.4. The summed E-state index contributed by atoms with van der Waals surface area (Å²) in [6.45, 7) is 6.96. The molecule has 0 aliphatic carbocycles. The van der Waals surface area contributed by atoms with Crippen LogP contribution in [0.25, 0.3) is 0 Å². The maximum Gasteiger partial charge on any atom is 0.309 e. The molecule has 2 saturated heterocycles. The van der Waals surface area contributed by atoms with Crippen LogP contribution in [-0.2, 0) is 9.53 Å². The third-order valence-corrected chi connectivity index (χ3v) is 4.19. The molecular weight excluding hydrogens is 228 g/mol. The fourth-order valence-electron chi connectivity index (χ4n) is 3.14. The summed E-state index contributed by atoms with van der Waals surface area (Å²) in [4.78, 5) is 16.5. The van der Waals surface area contributed by atoms with E-state index < -0.39 is 0 Å². The predicted octanol–water partition coefficient (Wildman–Crippen LogP) is 1.36. The van der Waals surface area contributed by atoms with E-state index in [9.17, 15) is 4.79 Å². The van der Waals surface area contributed by atoms with Crippen LogP contribution in [-0.4, -0.2) is 62.1 Å². The lowest BCUT2D eigenvalue weighted by Crippen LogP contribution is -2.40. The average Bonchev–Trinajstić information content (AvgIpc) is 2.91. The van der Waals surface area contributed by atoms with Crippen molar-refractivity contribution in [3.63, 3.8) is 0 Å². The number of rotatable bonds is 5. The van der Waals surface area contributed by atoms with Gasteiger partial charge in [-0.25, -0.2) is 0 Å². The lowest BCUT2D eigenvalue weighted by Gasteiger charge is -2.31. The molecular formula is C14H26N2O2. The number of nitrogens with zero attached hydrogens (tertiary/aromatic N) is 2. The number of carbonyl (C=O) groups is 1. The third kappa shape index (κ3) is 3.95. The molecule has 4 nitrogen and oxygen atoms in total. The van der Waals surface area contributed by atoms with Gasteiger partial charge in [0.1, 0.15) is 0 Å². The minimum atomic E-state index is -0.0285. The van der Waals surface area contributed by atoms with Crippen LogP contribution in [0.15, 0.2) is 0 Å². The van der Waals surface area contributed by atoms with Gasteiger partial charge < -0.3 is 14.5 Å². The van der Waals surface area contributed by atoms with E-state index in [1.54, 1.807) is 0 Å². The summed E-state index contributed by atoms with van der Waals surface area (Å²) in [5.74, 6) is 0.0785. The molecule has 0 unspecified atom stereocenters. The van der Waals surface area contributed by atoms with E-state index in [4.69, 9.17) is 4.74 Å². The number of piperidine rings is 1. The van der Waals surface area contributed by atoms with Crippen molar-refractivity contribution < 1.29 is 9.53 Å². The Morgan fingerprint density at radius 2 is 1.78 bits per heavy atom. The molecule has 1 atom stereocenters. The number of carbonyl (C=O) groups excluding carboxylic acids is 1. The van der Waals surface area contributed by atoms with Gasteiger partial charge >= 0.3 is 5.97 Å². The van der Waals surface area contributed by atoms with Crippen LogP contribution >= 0.6 is 0 Å². The van der Waals surface area contributed by atoms with E-state index in [2.05, 4.69) is 9.80 Å². The van der Waals surface area contributed by atoms with Gasteiger partial charge in [-0.2, -0.15) is 0 Å². The molecule has 0 aromatic heterocycles. The van der Waals surface area contributed by atoms with Gasteiger partial charge in [0.2, 0.25) is 0 Å². The first kappa shape index (κ1) is 13.8. The zero-order valence-electron chi connectivity index (χ0n) is 11.6. The first-order chi connectivity index (χ1) is 8.79. The van der Waals surface area contributed by atoms with Crippen molar-refractivity contribution in [3.05, 3.63) is 0 Å². The standard InChI is InChI=1S/C14H26N2O2/c1-18-14(17)13-6-4-9-16(12-13)11-5-10-15-7-2-3-8-15/h13H,2-12H2,1H3/t13-/m0/s1. The fourth-order valence-corrected chi connectivity index (χ4v) is 3.14. The Kier molecular flexibility index (Phi) is 5.45. The molecule has 0 saturated carbocycles. The number of hydrogen-bond donors (Lipinski definition) is 0. The van der Waals surface area contributed by atoms with Gasteiger partial charge in [-0.1, -0.05) is 0 Å². The van der Waals surface area contributed by atoms with Crippen molar-refractivity contribution in [3.8, 4) is 0 Å². The Morgan fingerprint density at radius 1 is 1.11 bits per heavy atom. The Balaban J connectivity index is 1.64. The second-order valence-corrected chi connectivity index (χ2v) is 5.57. The van der Waals surface area contributed by atoms with Crippen LogP contribution in [0, 0.1) is 5.92 Å². The topological polar surface area (TPSA) is 32.8 Å². The number of likely N-dealkylation sites (tertiary alicyclic amines) is 2. The van der Waals surface area contributed by atoms with Gasteiger partial charge in [-0.3, -0.25) is 4.79 Å². The van der Waals surface area contributed by atoms with Crippen molar-refractivity contribution >= 4 is 5.97 Å². The molecule has 0 amide bonds. The summed E-state index contributed by atoms with van der Waals surface area (Å²) >= 11 is 0. The van der Waals surface area contributed by atoms with Gasteiger partial charge in [-0.05, 0) is 64.8 Å². The average molecular weight is 254 g/mol. The number of esters is 1. The Hall–Kier alpha value is -0.610. The van der Waals surface area contributed by atoms with Crippen molar-refractivity contribution in [2.24, 2.45) is 5.92 Å². The SMILES string of the molecule is COC(=O)[C@H]1CCCN(CCCN2CCCC2)C1. The summed E-state index contributed by atoms with van der Waals surface area (Å²) in [6.07, 6.45) is 6.09. The van der Waals surface area contributed by atoms with Crippen molar-refractivity contribution in [2.75, 3.05) is 46.4 Å². The largest absolute Gasteiger partial charge is 0.469 e. The number of methoxy groups -OCH3 is 1. The molecule has 2 rings (SSSR count). The number of ether oxygens (including phenoxy) is 1. The van der Waals surface area contributed by atoms with E-state index in [0.29, 0.717) is 0 Å². The van der Waals surface area contributed by atoms with E-state index in [-0.39, 0.29) is 11.9 Å². The molecule has 0 aromatic rings. The highest BCUT2D eigenvalue weighted by atomic mass is 16.5. The van der Waals surface area contributed by atoms with Crippen LogP contribution in [0.2, 0.25) is 0 Å². The van der Waals surface area contributed by atoms with Crippen LogP contribution < -0.4 is 0 Å². The molecule has 104 valence electrons. The zero-order valence-corrected chi connectivity index (χ0v) is 11.6. The van der Waals surface area contributed by atoms with Crippen molar-refractivity contribution in [1.29, 1.82) is 0 Å². The molecule has 0 aromatic carbocycles. The molecule has 2 aliphatic rings. The second kappa shape index (κ2) is 7.10. The summed E-state index contributed by atoms with van der Waals surface area (Å²) in [5, 5.41) is 0. The summed E-state index contributed by atoms with van der Waals surface area (Å²) < 4.78 is 4.85. The van der Waals surface area contributed by atoms with Crippen LogP contribution in [0.4, 0.5) is 0 Å². The van der Waals surface area contributed by atoms with Gasteiger partial charge in [0.15, 0.2) is 0 Å². The van der Waals surface area contributed by atoms with Crippen LogP contribution in [0.1, 0.15) is 32.1 Å². The molecule has 2 heterocycles. The summed E-state index contributed by atoms with van der Waals surface area (Å²) in [5.41, 5.74) is 0. The molecule has 18 heavy (non-hydrogen) atoms. The minimum absolute atomic E-state index is 0.0285. The molecule has 2 fully saturated rings. The van der Waals surface area contributed by atoms with Gasteiger partial charge in [-0.15, -0.1) is 0 Å². The van der Waals surface area contributed by atoms with Gasteiger partial charge in [0.05, 0.1) is 13.0 Å². The van der Waals surface area contributed by atoms with Gasteiger partial charge in [0.25, 0.3) is 0 Å². The maximum absolute atomic E-state index is 11.5. The molecule has 0 N–H and O–H groups in total. The van der Waals surface area contributed by atoms with E-state index >= 15 is 0 Å². The molecule has 0 spiro atoms. The lowest BCUT2D eigenvalue weighted by atomic mass is 9.98. The lowest BCUT2D eigenvalue weighted by molar-refractivity contribution is -0.147. The van der Waals surface area contributed by atoms with E-state index in [1.807, 2.05) is 0 Å². The smallest absolute Gasteiger partial charge is 0.309 e. The second-order valence-electron chi connectivity index (χ2n) is 5.57. The molecule has 2 aliphatic heterocycles. The molecule has 0 bridgehead atoms. The van der Waals surface area contributed by atoms with Gasteiger partial charge in [0, 0.05) is 6.54 Å². The molecule has 0 radical (unpaired) electrons. The highest BCUT2D eigenvalue weighted by Crippen LogP contribution is 2.18. The van der Waals surface area contributed by atoms with E-state index in [1.165, 1.54) is 46.0 Å².